The average Bonchev–Trinajstić information content (AvgIpc) is 2.25. The minimum Gasteiger partial charge on any atom is -0.476 e. The zero-order valence-electron chi connectivity index (χ0n) is 8.62. The van der Waals surface area contributed by atoms with Gasteiger partial charge in [0, 0.05) is 18.7 Å². The molecule has 1 aromatic rings. The molecule has 1 rings (SSSR count). The number of amides is 1. The van der Waals surface area contributed by atoms with Crippen molar-refractivity contribution in [1.29, 1.82) is 0 Å². The molecule has 0 fully saturated rings. The van der Waals surface area contributed by atoms with Gasteiger partial charge in [-0.2, -0.15) is 0 Å². The first-order valence-corrected chi connectivity index (χ1v) is 4.76. The van der Waals surface area contributed by atoms with E-state index in [2.05, 4.69) is 16.4 Å². The van der Waals surface area contributed by atoms with Crippen molar-refractivity contribution in [2.24, 2.45) is 5.73 Å². The summed E-state index contributed by atoms with van der Waals surface area (Å²) >= 11 is 0. The molecule has 5 nitrogen and oxygen atoms in total. The summed E-state index contributed by atoms with van der Waals surface area (Å²) in [6, 6.07) is 5.83. The minimum atomic E-state index is -0.605. The SMILES string of the molecule is CCNCCOc1cc[c]c(C(N)=O)n1. The smallest absolute Gasteiger partial charge is 0.268 e. The van der Waals surface area contributed by atoms with Gasteiger partial charge < -0.3 is 15.8 Å². The molecule has 5 heteroatoms. The Morgan fingerprint density at radius 2 is 2.53 bits per heavy atom. The number of likely N-dealkylation sites (N-methyl/N-ethyl adjacent to an activating group) is 1. The molecule has 1 amide bonds. The third-order valence-corrected chi connectivity index (χ3v) is 1.68. The zero-order valence-corrected chi connectivity index (χ0v) is 8.62. The van der Waals surface area contributed by atoms with Crippen LogP contribution in [0.15, 0.2) is 12.1 Å². The quantitative estimate of drug-likeness (QED) is 0.643. The number of nitrogens with two attached hydrogens (primary N) is 1. The molecule has 0 atom stereocenters. The van der Waals surface area contributed by atoms with Gasteiger partial charge in [-0.05, 0) is 12.6 Å². The van der Waals surface area contributed by atoms with Crippen molar-refractivity contribution in [3.8, 4) is 5.88 Å². The van der Waals surface area contributed by atoms with Crippen LogP contribution in [0.1, 0.15) is 17.4 Å². The van der Waals surface area contributed by atoms with Crippen molar-refractivity contribution in [2.75, 3.05) is 19.7 Å². The number of hydrogen-bond donors (Lipinski definition) is 2. The summed E-state index contributed by atoms with van der Waals surface area (Å²) in [4.78, 5) is 14.7. The van der Waals surface area contributed by atoms with E-state index < -0.39 is 5.91 Å². The van der Waals surface area contributed by atoms with Gasteiger partial charge in [-0.3, -0.25) is 4.79 Å². The molecular weight excluding hydrogens is 194 g/mol. The molecule has 0 aliphatic rings. The zero-order chi connectivity index (χ0) is 11.1. The number of carbonyl (C=O) groups is 1. The maximum Gasteiger partial charge on any atom is 0.268 e. The average molecular weight is 208 g/mol. The van der Waals surface area contributed by atoms with Gasteiger partial charge in [0.05, 0.1) is 0 Å². The molecule has 0 unspecified atom stereocenters. The molecule has 3 N–H and O–H groups in total. The standard InChI is InChI=1S/C10H14N3O2/c1-2-12-6-7-15-9-5-3-4-8(13-9)10(11)14/h3,5,12H,2,6-7H2,1H3,(H2,11,14). The van der Waals surface area contributed by atoms with E-state index in [-0.39, 0.29) is 5.69 Å². The van der Waals surface area contributed by atoms with Crippen LogP contribution in [0.3, 0.4) is 0 Å². The van der Waals surface area contributed by atoms with Crippen LogP contribution in [0, 0.1) is 6.07 Å². The van der Waals surface area contributed by atoms with E-state index in [0.29, 0.717) is 12.5 Å². The number of aromatic nitrogens is 1. The summed E-state index contributed by atoms with van der Waals surface area (Å²) in [5.74, 6) is -0.215. The second-order valence-corrected chi connectivity index (χ2v) is 2.84. The summed E-state index contributed by atoms with van der Waals surface area (Å²) in [6.07, 6.45) is 0. The molecule has 0 aromatic carbocycles. The molecule has 0 saturated heterocycles. The summed E-state index contributed by atoms with van der Waals surface area (Å²) in [7, 11) is 0. The Kier molecular flexibility index (Phi) is 4.56. The largest absolute Gasteiger partial charge is 0.476 e. The molecule has 0 aliphatic carbocycles. The van der Waals surface area contributed by atoms with Crippen LogP contribution in [0.4, 0.5) is 0 Å². The predicted molar refractivity (Wildman–Crippen MR) is 55.6 cm³/mol. The van der Waals surface area contributed by atoms with Crippen molar-refractivity contribution in [2.45, 2.75) is 6.92 Å². The van der Waals surface area contributed by atoms with Crippen molar-refractivity contribution >= 4 is 5.91 Å². The second kappa shape index (κ2) is 5.98. The number of primary amides is 1. The van der Waals surface area contributed by atoms with Crippen molar-refractivity contribution in [3.63, 3.8) is 0 Å². The van der Waals surface area contributed by atoms with Crippen LogP contribution in [0.2, 0.25) is 0 Å². The van der Waals surface area contributed by atoms with E-state index in [0.717, 1.165) is 13.1 Å². The molecule has 0 saturated carbocycles. The van der Waals surface area contributed by atoms with Gasteiger partial charge in [0.25, 0.3) is 5.91 Å². The number of nitrogens with one attached hydrogen (secondary N) is 1. The third kappa shape index (κ3) is 3.95. The number of carbonyl (C=O) groups excluding carboxylic acids is 1. The number of rotatable bonds is 6. The lowest BCUT2D eigenvalue weighted by Crippen LogP contribution is -2.21. The van der Waals surface area contributed by atoms with E-state index >= 15 is 0 Å². The lowest BCUT2D eigenvalue weighted by molar-refractivity contribution is 0.0994. The Morgan fingerprint density at radius 3 is 3.20 bits per heavy atom. The maximum atomic E-state index is 10.8. The van der Waals surface area contributed by atoms with Crippen LogP contribution in [0.5, 0.6) is 5.88 Å². The number of pyridine rings is 1. The number of nitrogens with zero attached hydrogens (tertiary/aromatic N) is 1. The predicted octanol–water partition coefficient (Wildman–Crippen LogP) is -0.0310. The first-order chi connectivity index (χ1) is 7.24. The fourth-order valence-corrected chi connectivity index (χ4v) is 0.983. The van der Waals surface area contributed by atoms with Gasteiger partial charge in [0.2, 0.25) is 5.88 Å². The van der Waals surface area contributed by atoms with Gasteiger partial charge in [-0.15, -0.1) is 0 Å². The lowest BCUT2D eigenvalue weighted by Gasteiger charge is -2.05. The highest BCUT2D eigenvalue weighted by Gasteiger charge is 2.03. The Morgan fingerprint density at radius 1 is 1.73 bits per heavy atom. The van der Waals surface area contributed by atoms with E-state index in [1.807, 2.05) is 6.92 Å². The highest BCUT2D eigenvalue weighted by molar-refractivity contribution is 5.90. The van der Waals surface area contributed by atoms with Gasteiger partial charge >= 0.3 is 0 Å². The normalized spacial score (nSPS) is 9.93. The highest BCUT2D eigenvalue weighted by Crippen LogP contribution is 2.05. The van der Waals surface area contributed by atoms with Crippen molar-refractivity contribution < 1.29 is 9.53 Å². The first kappa shape index (κ1) is 11.5. The van der Waals surface area contributed by atoms with Gasteiger partial charge in [-0.25, -0.2) is 4.98 Å². The van der Waals surface area contributed by atoms with Crippen molar-refractivity contribution in [3.05, 3.63) is 23.9 Å². The van der Waals surface area contributed by atoms with E-state index in [1.54, 1.807) is 12.1 Å². The van der Waals surface area contributed by atoms with Gasteiger partial charge in [0.1, 0.15) is 12.3 Å². The molecule has 1 aromatic heterocycles. The molecule has 0 spiro atoms. The van der Waals surface area contributed by atoms with Crippen LogP contribution in [-0.4, -0.2) is 30.6 Å². The molecule has 1 heterocycles. The van der Waals surface area contributed by atoms with Crippen molar-refractivity contribution in [1.82, 2.24) is 10.3 Å². The van der Waals surface area contributed by atoms with E-state index in [9.17, 15) is 4.79 Å². The fraction of sp³-hybridized carbons (Fsp3) is 0.400. The summed E-state index contributed by atoms with van der Waals surface area (Å²) in [6.45, 7) is 4.15. The topological polar surface area (TPSA) is 77.2 Å². The number of ether oxygens (including phenoxy) is 1. The van der Waals surface area contributed by atoms with Crippen LogP contribution >= 0.6 is 0 Å². The highest BCUT2D eigenvalue weighted by atomic mass is 16.5. The maximum absolute atomic E-state index is 10.8. The Labute approximate surface area is 88.6 Å². The summed E-state index contributed by atoms with van der Waals surface area (Å²) in [5, 5.41) is 3.10. The van der Waals surface area contributed by atoms with E-state index in [1.165, 1.54) is 0 Å². The molecular formula is C10H14N3O2. The molecule has 0 bridgehead atoms. The minimum absolute atomic E-state index is 0.0935. The fourth-order valence-electron chi connectivity index (χ4n) is 0.983. The Balaban J connectivity index is 2.47. The molecule has 0 aliphatic heterocycles. The second-order valence-electron chi connectivity index (χ2n) is 2.84. The summed E-state index contributed by atoms with van der Waals surface area (Å²) in [5.41, 5.74) is 5.15. The summed E-state index contributed by atoms with van der Waals surface area (Å²) < 4.78 is 5.30. The van der Waals surface area contributed by atoms with Gasteiger partial charge in [-0.1, -0.05) is 6.92 Å². The van der Waals surface area contributed by atoms with Crippen LogP contribution in [-0.2, 0) is 0 Å². The molecule has 81 valence electrons. The van der Waals surface area contributed by atoms with Gasteiger partial charge in [0.15, 0.2) is 0 Å². The molecule has 15 heavy (non-hydrogen) atoms. The lowest BCUT2D eigenvalue weighted by atomic mass is 10.3. The Hall–Kier alpha value is -1.62. The van der Waals surface area contributed by atoms with Crippen LogP contribution < -0.4 is 15.8 Å². The third-order valence-electron chi connectivity index (χ3n) is 1.68. The van der Waals surface area contributed by atoms with E-state index in [4.69, 9.17) is 10.5 Å². The number of hydrogen-bond acceptors (Lipinski definition) is 4. The first-order valence-electron chi connectivity index (χ1n) is 4.76. The monoisotopic (exact) mass is 208 g/mol. The molecule has 1 radical (unpaired) electrons. The Bertz CT molecular complexity index is 328. The van der Waals surface area contributed by atoms with Crippen LogP contribution in [0.25, 0.3) is 0 Å².